The van der Waals surface area contributed by atoms with Gasteiger partial charge in [-0.3, -0.25) is 14.7 Å². The van der Waals surface area contributed by atoms with Crippen LogP contribution in [-0.4, -0.2) is 142 Å². The summed E-state index contributed by atoms with van der Waals surface area (Å²) in [4.78, 5) is 18.7. The van der Waals surface area contributed by atoms with Crippen molar-refractivity contribution in [1.82, 2.24) is 14.1 Å². The van der Waals surface area contributed by atoms with Gasteiger partial charge in [-0.25, -0.2) is 38.0 Å². The van der Waals surface area contributed by atoms with Gasteiger partial charge in [-0.1, -0.05) is 111 Å². The van der Waals surface area contributed by atoms with Crippen molar-refractivity contribution in [2.24, 2.45) is 5.92 Å². The van der Waals surface area contributed by atoms with Crippen LogP contribution in [0.3, 0.4) is 0 Å². The van der Waals surface area contributed by atoms with E-state index >= 15 is 0 Å². The first-order valence-corrected chi connectivity index (χ1v) is 36.0. The summed E-state index contributed by atoms with van der Waals surface area (Å²) < 4.78 is 148. The molecule has 6 aromatic rings. The minimum atomic E-state index is -5.27. The minimum absolute atomic E-state index is 0.0123. The zero-order chi connectivity index (χ0) is 64.1. The second-order valence-electron chi connectivity index (χ2n) is 23.7. The van der Waals surface area contributed by atoms with E-state index < -0.39 is 66.8 Å². The number of rotatable bonds is 26. The Kier molecular flexibility index (Phi) is 21.0. The predicted molar refractivity (Wildman–Crippen MR) is 337 cm³/mol. The van der Waals surface area contributed by atoms with Gasteiger partial charge in [0.2, 0.25) is 21.6 Å². The van der Waals surface area contributed by atoms with Crippen molar-refractivity contribution < 1.29 is 71.3 Å². The number of nitrogens with zero attached hydrogens (tertiary/aromatic N) is 5. The number of hydrogen-bond acceptors (Lipinski definition) is 18. The highest BCUT2D eigenvalue weighted by atomic mass is 32.2. The predicted octanol–water partition coefficient (Wildman–Crippen LogP) is 8.16. The zero-order valence-electron chi connectivity index (χ0n) is 50.1. The van der Waals surface area contributed by atoms with E-state index in [9.17, 15) is 57.4 Å². The summed E-state index contributed by atoms with van der Waals surface area (Å²) in [6, 6.07) is 33.9. The molecule has 9 rings (SSSR count). The lowest BCUT2D eigenvalue weighted by molar-refractivity contribution is -0.777. The van der Waals surface area contributed by atoms with E-state index in [1.807, 2.05) is 90.6 Å². The molecule has 0 bridgehead atoms. The Hall–Kier alpha value is -6.17. The summed E-state index contributed by atoms with van der Waals surface area (Å²) in [6.45, 7) is 11.7. The van der Waals surface area contributed by atoms with E-state index in [0.717, 1.165) is 56.1 Å². The van der Waals surface area contributed by atoms with Gasteiger partial charge in [0.15, 0.2) is 5.71 Å². The van der Waals surface area contributed by atoms with Crippen LogP contribution in [0.4, 0.5) is 11.4 Å². The van der Waals surface area contributed by atoms with Crippen LogP contribution in [0.2, 0.25) is 0 Å². The number of fused-ring (bicyclic) bond motifs is 6. The third-order valence-corrected chi connectivity index (χ3v) is 22.0. The number of carbonyl (C=O) groups is 1. The van der Waals surface area contributed by atoms with Gasteiger partial charge in [-0.15, -0.1) is 0 Å². The molecule has 0 aromatic heterocycles. The number of benzene rings is 6. The molecule has 25 heteroatoms. The molecule has 20 nitrogen and oxygen atoms in total. The highest BCUT2D eigenvalue weighted by molar-refractivity contribution is 7.94. The molecule has 3 aliphatic heterocycles. The van der Waals surface area contributed by atoms with Gasteiger partial charge in [-0.2, -0.15) is 8.91 Å². The average Bonchev–Trinajstić information content (AvgIpc) is 1.63. The van der Waals surface area contributed by atoms with E-state index in [-0.39, 0.29) is 53.4 Å². The Morgan fingerprint density at radius 3 is 2.10 bits per heavy atom. The molecule has 0 N–H and O–H groups in total. The molecule has 1 fully saturated rings. The van der Waals surface area contributed by atoms with Gasteiger partial charge in [-0.05, 0) is 109 Å². The number of allylic oxidation sites excluding steroid dienone is 6. The fraction of sp³-hybridized carbons (Fsp3) is 0.375. The zero-order valence-corrected chi connectivity index (χ0v) is 54.2. The SMILES string of the molecule is CN(CCCC(=O)N1CCN(Cc2ccccc2)CC(CCc2ccccc2)C1)S(=O)(=O)c1cccc2c3c(ccc12)N(CCCS(=O)(=O)[O-])C(=CC=CC=CC1=[N+](CCCSOO[O-])c2ccc4c(S(=O)(=O)[O-])cc(S(=O)(=O)[O-])cc4c2C1(C)C)C3(C)C. The number of hydrogen-bond donors (Lipinski definition) is 0. The molecule has 0 saturated carbocycles. The maximum absolute atomic E-state index is 14.7. The van der Waals surface area contributed by atoms with Crippen LogP contribution in [0, 0.1) is 5.92 Å². The summed E-state index contributed by atoms with van der Waals surface area (Å²) in [5, 5.41) is 15.1. The van der Waals surface area contributed by atoms with Crippen molar-refractivity contribution in [3.05, 3.63) is 174 Å². The molecule has 0 aliphatic carbocycles. The summed E-state index contributed by atoms with van der Waals surface area (Å²) in [5.41, 5.74) is 4.42. The highest BCUT2D eigenvalue weighted by Gasteiger charge is 2.46. The lowest BCUT2D eigenvalue weighted by Gasteiger charge is -2.27. The van der Waals surface area contributed by atoms with Crippen molar-refractivity contribution in [3.63, 3.8) is 0 Å². The molecule has 1 amide bonds. The first-order valence-electron chi connectivity index (χ1n) is 29.2. The van der Waals surface area contributed by atoms with Crippen molar-refractivity contribution in [3.8, 4) is 0 Å². The number of anilines is 1. The number of amides is 1. The first-order chi connectivity index (χ1) is 42.1. The summed E-state index contributed by atoms with van der Waals surface area (Å²) in [5.74, 6) is -0.0891. The maximum atomic E-state index is 14.7. The topological polar surface area (TPSA) is 280 Å². The summed E-state index contributed by atoms with van der Waals surface area (Å²) in [6.07, 6.45) is 11.6. The standard InChI is InChI=1S/C64H75N5O15S5/c1-63(2)58(25-13-8-14-26-59-64(3,4)62-53-41-49(88(77,78)79)42-57(89(80,81)82)51(53)31-33-55(62)68(59)35-17-39-85-84-83-71)69(36-18-40-86(72,73)74)54-32-30-50-52(61(54)63)23-15-24-56(50)87(75,76)65(5)34-16-27-60(70)67-38-37-66(43-47-21-11-7-12-22-47)44-48(45-67)29-28-46-19-9-6-10-20-46/h6-15,19-26,30-33,41-42,48H,16-18,27-29,34-40,43-45H2,1-5H3,(H3-,71,72,73,74,77,78,79,80,81,82)/p-3. The summed E-state index contributed by atoms with van der Waals surface area (Å²) >= 11 is 0.781. The average molecular weight is 1310 g/mol. The third kappa shape index (κ3) is 15.4. The van der Waals surface area contributed by atoms with Gasteiger partial charge in [0.25, 0.3) is 0 Å². The second-order valence-corrected chi connectivity index (χ2v) is 30.8. The largest absolute Gasteiger partial charge is 0.748 e. The van der Waals surface area contributed by atoms with Crippen LogP contribution in [0.25, 0.3) is 21.5 Å². The van der Waals surface area contributed by atoms with Crippen molar-refractivity contribution >= 4 is 97.0 Å². The number of sulfonamides is 1. The quantitative estimate of drug-likeness (QED) is 0.00941. The molecule has 6 aromatic carbocycles. The molecule has 3 aliphatic rings. The van der Waals surface area contributed by atoms with Crippen molar-refractivity contribution in [2.45, 2.75) is 98.3 Å². The number of aryl methyl sites for hydroxylation is 1. The fourth-order valence-electron chi connectivity index (χ4n) is 12.9. The van der Waals surface area contributed by atoms with Gasteiger partial charge < -0.3 is 28.7 Å². The highest BCUT2D eigenvalue weighted by Crippen LogP contribution is 2.52. The van der Waals surface area contributed by atoms with Crippen LogP contribution in [0.5, 0.6) is 0 Å². The first kappa shape index (κ1) is 67.2. The van der Waals surface area contributed by atoms with Gasteiger partial charge in [0.05, 0.1) is 30.2 Å². The lowest BCUT2D eigenvalue weighted by atomic mass is 9.79. The molecule has 3 heterocycles. The second kappa shape index (κ2) is 27.7. The Bertz CT molecular complexity index is 4220. The Morgan fingerprint density at radius 2 is 1.42 bits per heavy atom. The number of carbonyl (C=O) groups excluding carboxylic acids is 1. The Morgan fingerprint density at radius 1 is 0.719 bits per heavy atom. The van der Waals surface area contributed by atoms with Crippen LogP contribution in [-0.2, 0) is 78.3 Å². The Balaban J connectivity index is 0.962. The third-order valence-electron chi connectivity index (χ3n) is 17.0. The summed E-state index contributed by atoms with van der Waals surface area (Å²) in [7, 11) is -17.7. The monoisotopic (exact) mass is 1310 g/mol. The normalized spacial score (nSPS) is 17.9. The van der Waals surface area contributed by atoms with Crippen LogP contribution in [0.1, 0.15) is 82.1 Å². The van der Waals surface area contributed by atoms with Crippen molar-refractivity contribution in [1.29, 1.82) is 0 Å². The van der Waals surface area contributed by atoms with Crippen molar-refractivity contribution in [2.75, 3.05) is 69.3 Å². The fourth-order valence-corrected chi connectivity index (χ4v) is 16.4. The van der Waals surface area contributed by atoms with E-state index in [4.69, 9.17) is 0 Å². The van der Waals surface area contributed by atoms with Gasteiger partial charge in [0.1, 0.15) is 26.8 Å². The molecule has 476 valence electrons. The van der Waals surface area contributed by atoms with E-state index in [1.54, 1.807) is 54.6 Å². The molecule has 1 saturated heterocycles. The molecule has 0 spiro atoms. The van der Waals surface area contributed by atoms with Gasteiger partial charge >= 0.3 is 0 Å². The van der Waals surface area contributed by atoms with Gasteiger partial charge in [0, 0.05) is 135 Å². The molecule has 1 unspecified atom stereocenters. The van der Waals surface area contributed by atoms with Crippen LogP contribution < -0.4 is 10.2 Å². The van der Waals surface area contributed by atoms with Crippen LogP contribution in [0.15, 0.2) is 166 Å². The van der Waals surface area contributed by atoms with E-state index in [0.29, 0.717) is 83.4 Å². The molecule has 1 atom stereocenters. The van der Waals surface area contributed by atoms with Crippen LogP contribution >= 0.6 is 12.0 Å². The smallest absolute Gasteiger partial charge is 0.243 e. The maximum Gasteiger partial charge on any atom is 0.243 e. The molecule has 0 radical (unpaired) electrons. The molecule has 89 heavy (non-hydrogen) atoms. The lowest BCUT2D eigenvalue weighted by Crippen LogP contribution is -2.37. The van der Waals surface area contributed by atoms with E-state index in [2.05, 4.69) is 38.5 Å². The minimum Gasteiger partial charge on any atom is -0.748 e. The molecular weight excluding hydrogens is 1240 g/mol. The molecular formula is C64H72N5O15S5-3. The van der Waals surface area contributed by atoms with E-state index in [1.165, 1.54) is 28.5 Å². The Labute approximate surface area is 526 Å².